The van der Waals surface area contributed by atoms with Crippen molar-refractivity contribution in [2.75, 3.05) is 50.0 Å². The molecule has 1 amide bonds. The Morgan fingerprint density at radius 1 is 1.14 bits per heavy atom. The van der Waals surface area contributed by atoms with E-state index in [2.05, 4.69) is 10.2 Å². The number of amides is 1. The van der Waals surface area contributed by atoms with Crippen LogP contribution >= 0.6 is 0 Å². The largest absolute Gasteiger partial charge is 0.486 e. The van der Waals surface area contributed by atoms with Gasteiger partial charge in [-0.1, -0.05) is 12.8 Å². The van der Waals surface area contributed by atoms with E-state index in [4.69, 9.17) is 9.47 Å². The van der Waals surface area contributed by atoms with Crippen molar-refractivity contribution in [1.82, 2.24) is 10.2 Å². The van der Waals surface area contributed by atoms with Crippen LogP contribution < -0.4 is 19.1 Å². The highest BCUT2D eigenvalue weighted by Gasteiger charge is 2.30. The van der Waals surface area contributed by atoms with Crippen LogP contribution in [0.1, 0.15) is 32.6 Å². The minimum absolute atomic E-state index is 0.319. The van der Waals surface area contributed by atoms with Crippen LogP contribution in [0.25, 0.3) is 0 Å². The molecule has 0 unspecified atom stereocenters. The number of nitrogens with zero attached hydrogens (tertiary/aromatic N) is 2. The summed E-state index contributed by atoms with van der Waals surface area (Å²) in [4.78, 5) is 15.1. The number of ether oxygens (including phenoxy) is 2. The summed E-state index contributed by atoms with van der Waals surface area (Å²) in [7, 11) is -3.67. The molecule has 0 spiro atoms. The summed E-state index contributed by atoms with van der Waals surface area (Å²) in [6.45, 7) is 5.85. The fourth-order valence-electron chi connectivity index (χ4n) is 3.82. The van der Waals surface area contributed by atoms with Crippen molar-refractivity contribution in [2.45, 2.75) is 38.6 Å². The molecule has 0 bridgehead atoms. The zero-order chi connectivity index (χ0) is 20.9. The second-order valence-corrected chi connectivity index (χ2v) is 9.47. The predicted octanol–water partition coefficient (Wildman–Crippen LogP) is 1.60. The summed E-state index contributed by atoms with van der Waals surface area (Å²) >= 11 is 0. The van der Waals surface area contributed by atoms with Gasteiger partial charge in [-0.3, -0.25) is 9.10 Å². The standard InChI is InChI=1S/C20H31N3O5S/c1-16(20(24)21-9-12-22-10-5-3-4-6-11-22)23(29(2,25)26)17-7-8-18-19(15-17)28-14-13-27-18/h7-8,15-16H,3-6,9-14H2,1-2H3,(H,21,24)/t16-/m0/s1. The molecule has 2 aliphatic heterocycles. The molecule has 1 N–H and O–H groups in total. The van der Waals surface area contributed by atoms with Crippen molar-refractivity contribution in [3.8, 4) is 11.5 Å². The van der Waals surface area contributed by atoms with Gasteiger partial charge in [-0.2, -0.15) is 0 Å². The maximum atomic E-state index is 12.7. The highest BCUT2D eigenvalue weighted by Crippen LogP contribution is 2.35. The number of anilines is 1. The molecular formula is C20H31N3O5S. The number of hydrogen-bond donors (Lipinski definition) is 1. The first-order chi connectivity index (χ1) is 13.9. The van der Waals surface area contributed by atoms with Crippen molar-refractivity contribution in [2.24, 2.45) is 0 Å². The molecule has 9 heteroatoms. The zero-order valence-electron chi connectivity index (χ0n) is 17.2. The third kappa shape index (κ3) is 5.76. The Kier molecular flexibility index (Phi) is 7.23. The van der Waals surface area contributed by atoms with Gasteiger partial charge in [-0.15, -0.1) is 0 Å². The van der Waals surface area contributed by atoms with Crippen molar-refractivity contribution < 1.29 is 22.7 Å². The smallest absolute Gasteiger partial charge is 0.243 e. The van der Waals surface area contributed by atoms with E-state index in [1.807, 2.05) is 0 Å². The molecule has 0 saturated carbocycles. The van der Waals surface area contributed by atoms with Crippen LogP contribution in [0.15, 0.2) is 18.2 Å². The molecule has 29 heavy (non-hydrogen) atoms. The number of benzene rings is 1. The van der Waals surface area contributed by atoms with Gasteiger partial charge in [0, 0.05) is 19.2 Å². The van der Waals surface area contributed by atoms with Gasteiger partial charge >= 0.3 is 0 Å². The number of carbonyl (C=O) groups excluding carboxylic acids is 1. The number of rotatable bonds is 7. The molecule has 1 aromatic rings. The van der Waals surface area contributed by atoms with Gasteiger partial charge < -0.3 is 19.7 Å². The monoisotopic (exact) mass is 425 g/mol. The minimum atomic E-state index is -3.67. The topological polar surface area (TPSA) is 88.2 Å². The summed E-state index contributed by atoms with van der Waals surface area (Å²) < 4.78 is 37.1. The summed E-state index contributed by atoms with van der Waals surface area (Å²) in [5.41, 5.74) is 0.381. The van der Waals surface area contributed by atoms with Crippen molar-refractivity contribution >= 4 is 21.6 Å². The average molecular weight is 426 g/mol. The number of fused-ring (bicyclic) bond motifs is 1. The van der Waals surface area contributed by atoms with Crippen LogP contribution in [0.4, 0.5) is 5.69 Å². The van der Waals surface area contributed by atoms with E-state index < -0.39 is 16.1 Å². The summed E-state index contributed by atoms with van der Waals surface area (Å²) in [6, 6.07) is 4.04. The summed E-state index contributed by atoms with van der Waals surface area (Å²) in [5, 5.41) is 2.89. The average Bonchev–Trinajstić information content (AvgIpc) is 2.95. The number of nitrogens with one attached hydrogen (secondary N) is 1. The second kappa shape index (κ2) is 9.67. The summed E-state index contributed by atoms with van der Waals surface area (Å²) in [6.07, 6.45) is 6.01. The molecule has 1 fully saturated rings. The molecule has 0 aliphatic carbocycles. The van der Waals surface area contributed by atoms with Crippen LogP contribution in [0, 0.1) is 0 Å². The number of carbonyl (C=O) groups is 1. The molecule has 1 atom stereocenters. The zero-order valence-corrected chi connectivity index (χ0v) is 18.0. The van der Waals surface area contributed by atoms with E-state index in [1.165, 1.54) is 25.7 Å². The fourth-order valence-corrected chi connectivity index (χ4v) is 4.99. The predicted molar refractivity (Wildman–Crippen MR) is 112 cm³/mol. The van der Waals surface area contributed by atoms with Gasteiger partial charge in [0.15, 0.2) is 11.5 Å². The number of sulfonamides is 1. The lowest BCUT2D eigenvalue weighted by atomic mass is 10.2. The molecule has 1 aromatic carbocycles. The minimum Gasteiger partial charge on any atom is -0.486 e. The molecule has 0 radical (unpaired) electrons. The Balaban J connectivity index is 1.66. The van der Waals surface area contributed by atoms with Crippen molar-refractivity contribution in [1.29, 1.82) is 0 Å². The van der Waals surface area contributed by atoms with Crippen molar-refractivity contribution in [3.63, 3.8) is 0 Å². The Labute approximate surface area is 173 Å². The van der Waals surface area contributed by atoms with Crippen molar-refractivity contribution in [3.05, 3.63) is 18.2 Å². The van der Waals surface area contributed by atoms with Gasteiger partial charge in [-0.05, 0) is 45.0 Å². The van der Waals surface area contributed by atoms with Crippen LogP contribution in [0.2, 0.25) is 0 Å². The second-order valence-electron chi connectivity index (χ2n) is 7.61. The van der Waals surface area contributed by atoms with Gasteiger partial charge in [0.05, 0.1) is 11.9 Å². The third-order valence-corrected chi connectivity index (χ3v) is 6.54. The highest BCUT2D eigenvalue weighted by molar-refractivity contribution is 7.92. The fraction of sp³-hybridized carbons (Fsp3) is 0.650. The Bertz CT molecular complexity index is 806. The molecule has 2 aliphatic rings. The molecule has 0 aromatic heterocycles. The molecule has 8 nitrogen and oxygen atoms in total. The maximum absolute atomic E-state index is 12.7. The van der Waals surface area contributed by atoms with Gasteiger partial charge in [0.1, 0.15) is 19.3 Å². The highest BCUT2D eigenvalue weighted by atomic mass is 32.2. The van der Waals surface area contributed by atoms with E-state index in [9.17, 15) is 13.2 Å². The van der Waals surface area contributed by atoms with Gasteiger partial charge in [0.2, 0.25) is 15.9 Å². The van der Waals surface area contributed by atoms with Crippen LogP contribution in [0.3, 0.4) is 0 Å². The van der Waals surface area contributed by atoms with E-state index in [0.29, 0.717) is 36.9 Å². The first kappa shape index (κ1) is 21.7. The Morgan fingerprint density at radius 2 is 1.79 bits per heavy atom. The summed E-state index contributed by atoms with van der Waals surface area (Å²) in [5.74, 6) is 0.735. The van der Waals surface area contributed by atoms with E-state index >= 15 is 0 Å². The molecule has 3 rings (SSSR count). The first-order valence-electron chi connectivity index (χ1n) is 10.3. The number of hydrogen-bond acceptors (Lipinski definition) is 6. The third-order valence-electron chi connectivity index (χ3n) is 5.29. The molecule has 2 heterocycles. The lowest BCUT2D eigenvalue weighted by Crippen LogP contribution is -2.49. The van der Waals surface area contributed by atoms with Gasteiger partial charge in [-0.25, -0.2) is 8.42 Å². The SMILES string of the molecule is C[C@@H](C(=O)NCCN1CCCCCC1)N(c1ccc2c(c1)OCCO2)S(C)(=O)=O. The van der Waals surface area contributed by atoms with E-state index in [0.717, 1.165) is 30.2 Å². The maximum Gasteiger partial charge on any atom is 0.243 e. The van der Waals surface area contributed by atoms with E-state index in [1.54, 1.807) is 25.1 Å². The normalized spacial score (nSPS) is 18.6. The van der Waals surface area contributed by atoms with E-state index in [-0.39, 0.29) is 5.91 Å². The van der Waals surface area contributed by atoms with Crippen LogP contribution in [0.5, 0.6) is 11.5 Å². The van der Waals surface area contributed by atoms with Crippen LogP contribution in [-0.2, 0) is 14.8 Å². The first-order valence-corrected chi connectivity index (χ1v) is 12.1. The Morgan fingerprint density at radius 3 is 2.45 bits per heavy atom. The molecular weight excluding hydrogens is 394 g/mol. The lowest BCUT2D eigenvalue weighted by molar-refractivity contribution is -0.121. The lowest BCUT2D eigenvalue weighted by Gasteiger charge is -2.29. The number of likely N-dealkylation sites (tertiary alicyclic amines) is 1. The van der Waals surface area contributed by atoms with Crippen LogP contribution in [-0.4, -0.2) is 70.9 Å². The Hall–Kier alpha value is -2.00. The molecule has 162 valence electrons. The van der Waals surface area contributed by atoms with Gasteiger partial charge in [0.25, 0.3) is 0 Å². The molecule has 1 saturated heterocycles. The quantitative estimate of drug-likeness (QED) is 0.714.